The topological polar surface area (TPSA) is 88.0 Å². The van der Waals surface area contributed by atoms with Crippen LogP contribution in [0.25, 0.3) is 0 Å². The lowest BCUT2D eigenvalue weighted by Crippen LogP contribution is -2.32. The number of anilines is 1. The zero-order valence-corrected chi connectivity index (χ0v) is 15.7. The van der Waals surface area contributed by atoms with Crippen LogP contribution in [0.2, 0.25) is 0 Å². The third kappa shape index (κ3) is 5.57. The van der Waals surface area contributed by atoms with Crippen molar-refractivity contribution in [1.29, 1.82) is 0 Å². The van der Waals surface area contributed by atoms with Crippen LogP contribution in [0.5, 0.6) is 0 Å². The smallest absolute Gasteiger partial charge is 0.319 e. The minimum Gasteiger partial charge on any atom is -0.349 e. The molecule has 144 valence electrons. The van der Waals surface area contributed by atoms with Crippen LogP contribution in [-0.2, 0) is 6.54 Å². The Morgan fingerprint density at radius 3 is 2.78 bits per heavy atom. The van der Waals surface area contributed by atoms with Gasteiger partial charge in [-0.2, -0.15) is 0 Å². The van der Waals surface area contributed by atoms with E-state index in [1.807, 2.05) is 23.8 Å². The molecule has 0 unspecified atom stereocenters. The third-order valence-corrected chi connectivity index (χ3v) is 4.87. The Hall–Kier alpha value is -2.83. The number of carbonyl (C=O) groups excluding carboxylic acids is 2. The van der Waals surface area contributed by atoms with Crippen molar-refractivity contribution < 1.29 is 9.59 Å². The summed E-state index contributed by atoms with van der Waals surface area (Å²) in [7, 11) is 0. The van der Waals surface area contributed by atoms with E-state index in [0.29, 0.717) is 23.8 Å². The van der Waals surface area contributed by atoms with E-state index in [-0.39, 0.29) is 11.9 Å². The third-order valence-electron chi connectivity index (χ3n) is 4.87. The first-order valence-corrected chi connectivity index (χ1v) is 9.54. The second-order valence-corrected chi connectivity index (χ2v) is 7.02. The summed E-state index contributed by atoms with van der Waals surface area (Å²) >= 11 is 0. The van der Waals surface area contributed by atoms with Gasteiger partial charge in [-0.05, 0) is 49.9 Å². The highest BCUT2D eigenvalue weighted by atomic mass is 16.2. The first-order valence-electron chi connectivity index (χ1n) is 9.54. The van der Waals surface area contributed by atoms with Crippen molar-refractivity contribution in [2.24, 2.45) is 0 Å². The van der Waals surface area contributed by atoms with E-state index < -0.39 is 0 Å². The molecule has 1 saturated carbocycles. The molecule has 0 radical (unpaired) electrons. The first-order chi connectivity index (χ1) is 13.1. The van der Waals surface area contributed by atoms with E-state index >= 15 is 0 Å². The molecular formula is C20H27N5O2. The molecule has 0 aliphatic heterocycles. The SMILES string of the molecule is Cc1cc(C(=O)NC2CCCC2)ccc1NC(=O)NCCCn1ccnc1. The van der Waals surface area contributed by atoms with Gasteiger partial charge >= 0.3 is 6.03 Å². The molecular weight excluding hydrogens is 342 g/mol. The van der Waals surface area contributed by atoms with Gasteiger partial charge < -0.3 is 20.5 Å². The molecule has 27 heavy (non-hydrogen) atoms. The minimum atomic E-state index is -0.244. The van der Waals surface area contributed by atoms with Crippen LogP contribution in [0, 0.1) is 6.92 Å². The van der Waals surface area contributed by atoms with Crippen LogP contribution in [0.15, 0.2) is 36.9 Å². The van der Waals surface area contributed by atoms with Gasteiger partial charge in [-0.3, -0.25) is 4.79 Å². The molecule has 7 heteroatoms. The van der Waals surface area contributed by atoms with Gasteiger partial charge in [-0.25, -0.2) is 9.78 Å². The van der Waals surface area contributed by atoms with Gasteiger partial charge in [-0.1, -0.05) is 12.8 Å². The van der Waals surface area contributed by atoms with Crippen LogP contribution in [-0.4, -0.2) is 34.1 Å². The van der Waals surface area contributed by atoms with Crippen molar-refractivity contribution in [2.75, 3.05) is 11.9 Å². The number of rotatable bonds is 7. The quantitative estimate of drug-likeness (QED) is 0.656. The molecule has 0 spiro atoms. The number of carbonyl (C=O) groups is 2. The Kier molecular flexibility index (Phi) is 6.46. The molecule has 0 atom stereocenters. The summed E-state index contributed by atoms with van der Waals surface area (Å²) in [6.07, 6.45) is 10.7. The lowest BCUT2D eigenvalue weighted by molar-refractivity contribution is 0.0938. The number of nitrogens with zero attached hydrogens (tertiary/aromatic N) is 2. The maximum atomic E-state index is 12.3. The zero-order valence-electron chi connectivity index (χ0n) is 15.7. The van der Waals surface area contributed by atoms with Crippen molar-refractivity contribution in [3.63, 3.8) is 0 Å². The van der Waals surface area contributed by atoms with E-state index in [1.54, 1.807) is 24.7 Å². The summed E-state index contributed by atoms with van der Waals surface area (Å²) in [6, 6.07) is 5.41. The van der Waals surface area contributed by atoms with Crippen LogP contribution in [0.4, 0.5) is 10.5 Å². The predicted molar refractivity (Wildman–Crippen MR) is 105 cm³/mol. The number of nitrogens with one attached hydrogen (secondary N) is 3. The Labute approximate surface area is 159 Å². The predicted octanol–water partition coefficient (Wildman–Crippen LogP) is 3.08. The zero-order chi connectivity index (χ0) is 19.1. The number of urea groups is 1. The summed E-state index contributed by atoms with van der Waals surface area (Å²) in [4.78, 5) is 28.4. The van der Waals surface area contributed by atoms with Crippen LogP contribution >= 0.6 is 0 Å². The summed E-state index contributed by atoms with van der Waals surface area (Å²) in [5.74, 6) is -0.0412. The monoisotopic (exact) mass is 369 g/mol. The normalized spacial score (nSPS) is 14.1. The van der Waals surface area contributed by atoms with Crippen LogP contribution < -0.4 is 16.0 Å². The molecule has 1 aliphatic carbocycles. The molecule has 3 rings (SSSR count). The minimum absolute atomic E-state index is 0.0412. The molecule has 1 fully saturated rings. The molecule has 1 heterocycles. The summed E-state index contributed by atoms with van der Waals surface area (Å²) < 4.78 is 1.97. The van der Waals surface area contributed by atoms with Gasteiger partial charge in [0.15, 0.2) is 0 Å². The van der Waals surface area contributed by atoms with E-state index in [2.05, 4.69) is 20.9 Å². The highest BCUT2D eigenvalue weighted by Gasteiger charge is 2.18. The molecule has 1 aromatic heterocycles. The molecule has 0 bridgehead atoms. The maximum Gasteiger partial charge on any atom is 0.319 e. The van der Waals surface area contributed by atoms with Gasteiger partial charge in [0.25, 0.3) is 5.91 Å². The molecule has 3 amide bonds. The van der Waals surface area contributed by atoms with Crippen molar-refractivity contribution in [2.45, 2.75) is 51.6 Å². The van der Waals surface area contributed by atoms with Crippen molar-refractivity contribution in [3.8, 4) is 0 Å². The highest BCUT2D eigenvalue weighted by molar-refractivity contribution is 5.96. The number of hydrogen-bond acceptors (Lipinski definition) is 3. The van der Waals surface area contributed by atoms with E-state index in [4.69, 9.17) is 0 Å². The number of aromatic nitrogens is 2. The second kappa shape index (κ2) is 9.21. The van der Waals surface area contributed by atoms with Crippen LogP contribution in [0.1, 0.15) is 48.0 Å². The number of benzene rings is 1. The van der Waals surface area contributed by atoms with Gasteiger partial charge in [0.05, 0.1) is 6.33 Å². The fourth-order valence-electron chi connectivity index (χ4n) is 3.33. The summed E-state index contributed by atoms with van der Waals surface area (Å²) in [6.45, 7) is 3.27. The lowest BCUT2D eigenvalue weighted by Gasteiger charge is -2.14. The van der Waals surface area contributed by atoms with Gasteiger partial charge in [0, 0.05) is 42.8 Å². The van der Waals surface area contributed by atoms with Gasteiger partial charge in [0.1, 0.15) is 0 Å². The Morgan fingerprint density at radius 2 is 2.07 bits per heavy atom. The fourth-order valence-corrected chi connectivity index (χ4v) is 3.33. The van der Waals surface area contributed by atoms with E-state index in [9.17, 15) is 9.59 Å². The molecule has 2 aromatic rings. The van der Waals surface area contributed by atoms with E-state index in [1.165, 1.54) is 12.8 Å². The molecule has 3 N–H and O–H groups in total. The second-order valence-electron chi connectivity index (χ2n) is 7.02. The van der Waals surface area contributed by atoms with Crippen molar-refractivity contribution >= 4 is 17.6 Å². The van der Waals surface area contributed by atoms with E-state index in [0.717, 1.165) is 31.4 Å². The lowest BCUT2D eigenvalue weighted by atomic mass is 10.1. The first kappa shape index (κ1) is 18.9. The largest absolute Gasteiger partial charge is 0.349 e. The average Bonchev–Trinajstić information content (AvgIpc) is 3.34. The number of amides is 3. The van der Waals surface area contributed by atoms with Crippen molar-refractivity contribution in [1.82, 2.24) is 20.2 Å². The average molecular weight is 369 g/mol. The maximum absolute atomic E-state index is 12.3. The van der Waals surface area contributed by atoms with Gasteiger partial charge in [-0.15, -0.1) is 0 Å². The number of aryl methyl sites for hydroxylation is 2. The standard InChI is InChI=1S/C20H27N5O2/c1-15-13-16(19(26)23-17-5-2-3-6-17)7-8-18(15)24-20(27)22-9-4-11-25-12-10-21-14-25/h7-8,10,12-14,17H,2-6,9,11H2,1H3,(H,23,26)(H2,22,24,27). The number of imidazole rings is 1. The molecule has 0 saturated heterocycles. The molecule has 1 aliphatic rings. The summed E-state index contributed by atoms with van der Waals surface area (Å²) in [5.41, 5.74) is 2.20. The number of hydrogen-bond donors (Lipinski definition) is 3. The Bertz CT molecular complexity index is 767. The fraction of sp³-hybridized carbons (Fsp3) is 0.450. The van der Waals surface area contributed by atoms with Crippen LogP contribution in [0.3, 0.4) is 0 Å². The van der Waals surface area contributed by atoms with Crippen molar-refractivity contribution in [3.05, 3.63) is 48.0 Å². The molecule has 1 aromatic carbocycles. The summed E-state index contributed by atoms with van der Waals surface area (Å²) in [5, 5.41) is 8.77. The van der Waals surface area contributed by atoms with Gasteiger partial charge in [0.2, 0.25) is 0 Å². The Morgan fingerprint density at radius 1 is 1.26 bits per heavy atom. The molecule has 7 nitrogen and oxygen atoms in total. The highest BCUT2D eigenvalue weighted by Crippen LogP contribution is 2.20. The Balaban J connectivity index is 1.45.